The van der Waals surface area contributed by atoms with Gasteiger partial charge in [0.05, 0.1) is 23.4 Å². The highest BCUT2D eigenvalue weighted by molar-refractivity contribution is 5.95. The van der Waals surface area contributed by atoms with Crippen LogP contribution in [0.25, 0.3) is 0 Å². The molecule has 6 heteroatoms. The monoisotopic (exact) mass is 284 g/mol. The molecule has 1 amide bonds. The fourth-order valence-corrected chi connectivity index (χ4v) is 2.65. The van der Waals surface area contributed by atoms with Crippen molar-refractivity contribution in [2.45, 2.75) is 37.8 Å². The van der Waals surface area contributed by atoms with Crippen LogP contribution < -0.4 is 5.73 Å². The quantitative estimate of drug-likeness (QED) is 0.815. The van der Waals surface area contributed by atoms with E-state index < -0.39 is 34.9 Å². The zero-order valence-electron chi connectivity index (χ0n) is 11.3. The molecule has 1 fully saturated rings. The van der Waals surface area contributed by atoms with Crippen molar-refractivity contribution in [2.24, 2.45) is 0 Å². The third kappa shape index (κ3) is 2.75. The van der Waals surface area contributed by atoms with E-state index in [1.54, 1.807) is 0 Å². The minimum atomic E-state index is -0.923. The van der Waals surface area contributed by atoms with E-state index in [9.17, 15) is 18.7 Å². The van der Waals surface area contributed by atoms with Crippen LogP contribution in [0, 0.1) is 11.6 Å². The first-order valence-electron chi connectivity index (χ1n) is 6.61. The maximum absolute atomic E-state index is 13.9. The van der Waals surface area contributed by atoms with Gasteiger partial charge < -0.3 is 15.7 Å². The third-order valence-corrected chi connectivity index (χ3v) is 3.81. The van der Waals surface area contributed by atoms with Gasteiger partial charge in [0.15, 0.2) is 5.82 Å². The highest BCUT2D eigenvalue weighted by Gasteiger charge is 2.31. The number of likely N-dealkylation sites (N-methyl/N-ethyl adjacent to an activating group) is 1. The summed E-state index contributed by atoms with van der Waals surface area (Å²) in [6, 6.07) is 1.29. The number of nitrogens with zero attached hydrogens (tertiary/aromatic N) is 1. The molecule has 0 aromatic heterocycles. The second-order valence-corrected chi connectivity index (χ2v) is 5.19. The minimum absolute atomic E-state index is 0.375. The highest BCUT2D eigenvalue weighted by atomic mass is 19.1. The molecule has 0 bridgehead atoms. The van der Waals surface area contributed by atoms with Gasteiger partial charge in [0.25, 0.3) is 5.91 Å². The highest BCUT2D eigenvalue weighted by Crippen LogP contribution is 2.25. The van der Waals surface area contributed by atoms with Crippen LogP contribution in [0.2, 0.25) is 0 Å². The Bertz CT molecular complexity index is 522. The molecule has 2 atom stereocenters. The van der Waals surface area contributed by atoms with Crippen molar-refractivity contribution in [3.05, 3.63) is 29.3 Å². The fourth-order valence-electron chi connectivity index (χ4n) is 2.65. The first kappa shape index (κ1) is 14.7. The summed E-state index contributed by atoms with van der Waals surface area (Å²) in [5.41, 5.74) is 4.53. The van der Waals surface area contributed by atoms with Crippen molar-refractivity contribution in [2.75, 3.05) is 12.8 Å². The number of halogens is 2. The van der Waals surface area contributed by atoms with Gasteiger partial charge in [-0.3, -0.25) is 4.79 Å². The lowest BCUT2D eigenvalue weighted by molar-refractivity contribution is 0.0265. The number of carbonyl (C=O) groups excluding carboxylic acids is 1. The van der Waals surface area contributed by atoms with Crippen LogP contribution in [-0.2, 0) is 0 Å². The molecule has 110 valence electrons. The number of anilines is 1. The number of carbonyl (C=O) groups is 1. The molecule has 2 unspecified atom stereocenters. The normalized spacial score (nSPS) is 22.6. The lowest BCUT2D eigenvalue weighted by Crippen LogP contribution is -2.46. The van der Waals surface area contributed by atoms with Crippen LogP contribution in [0.3, 0.4) is 0 Å². The zero-order chi connectivity index (χ0) is 14.9. The molecule has 1 aromatic rings. The Labute approximate surface area is 116 Å². The molecule has 0 radical (unpaired) electrons. The van der Waals surface area contributed by atoms with Crippen molar-refractivity contribution >= 4 is 11.6 Å². The molecule has 2 rings (SSSR count). The van der Waals surface area contributed by atoms with E-state index in [-0.39, 0.29) is 6.04 Å². The summed E-state index contributed by atoms with van der Waals surface area (Å²) in [4.78, 5) is 13.5. The third-order valence-electron chi connectivity index (χ3n) is 3.81. The van der Waals surface area contributed by atoms with Gasteiger partial charge in [-0.2, -0.15) is 0 Å². The molecule has 4 nitrogen and oxygen atoms in total. The van der Waals surface area contributed by atoms with Gasteiger partial charge in [-0.15, -0.1) is 0 Å². The molecule has 0 saturated heterocycles. The molecule has 1 saturated carbocycles. The van der Waals surface area contributed by atoms with Crippen LogP contribution in [0.4, 0.5) is 14.5 Å². The number of rotatable bonds is 2. The van der Waals surface area contributed by atoms with Gasteiger partial charge >= 0.3 is 0 Å². The second-order valence-electron chi connectivity index (χ2n) is 5.19. The molecule has 1 aliphatic rings. The molecule has 1 aliphatic carbocycles. The van der Waals surface area contributed by atoms with Crippen LogP contribution in [0.1, 0.15) is 36.0 Å². The Kier molecular flexibility index (Phi) is 4.23. The summed E-state index contributed by atoms with van der Waals surface area (Å²) in [5.74, 6) is -2.35. The number of hydrogen-bond donors (Lipinski definition) is 2. The molecule has 3 N–H and O–H groups in total. The average molecular weight is 284 g/mol. The molecule has 0 aliphatic heterocycles. The molecule has 1 aromatic carbocycles. The molecular weight excluding hydrogens is 266 g/mol. The predicted molar refractivity (Wildman–Crippen MR) is 71.1 cm³/mol. The average Bonchev–Trinajstić information content (AvgIpc) is 2.42. The van der Waals surface area contributed by atoms with Gasteiger partial charge in [-0.25, -0.2) is 8.78 Å². The summed E-state index contributed by atoms with van der Waals surface area (Å²) in [6.45, 7) is 0. The molecular formula is C14H18F2N2O2. The Hall–Kier alpha value is -1.69. The van der Waals surface area contributed by atoms with Crippen molar-refractivity contribution < 1.29 is 18.7 Å². The van der Waals surface area contributed by atoms with Crippen LogP contribution in [-0.4, -0.2) is 35.1 Å². The number of nitrogen functional groups attached to an aromatic ring is 1. The van der Waals surface area contributed by atoms with Gasteiger partial charge in [-0.05, 0) is 25.0 Å². The van der Waals surface area contributed by atoms with E-state index in [4.69, 9.17) is 5.73 Å². The minimum Gasteiger partial charge on any atom is -0.396 e. The van der Waals surface area contributed by atoms with Gasteiger partial charge in [0.1, 0.15) is 5.82 Å². The number of hydrogen-bond acceptors (Lipinski definition) is 3. The van der Waals surface area contributed by atoms with E-state index >= 15 is 0 Å². The van der Waals surface area contributed by atoms with Gasteiger partial charge in [-0.1, -0.05) is 12.8 Å². The number of amides is 1. The van der Waals surface area contributed by atoms with Crippen molar-refractivity contribution in [1.29, 1.82) is 0 Å². The maximum Gasteiger partial charge on any atom is 0.257 e. The molecule has 20 heavy (non-hydrogen) atoms. The fraction of sp³-hybridized carbons (Fsp3) is 0.500. The summed E-state index contributed by atoms with van der Waals surface area (Å²) < 4.78 is 27.1. The van der Waals surface area contributed by atoms with E-state index in [0.717, 1.165) is 25.0 Å². The van der Waals surface area contributed by atoms with Crippen molar-refractivity contribution in [3.63, 3.8) is 0 Å². The lowest BCUT2D eigenvalue weighted by Gasteiger charge is -2.35. The number of nitrogens with two attached hydrogens (primary N) is 1. The second kappa shape index (κ2) is 5.75. The molecule has 0 heterocycles. The Morgan fingerprint density at radius 2 is 2.00 bits per heavy atom. The summed E-state index contributed by atoms with van der Waals surface area (Å²) in [5, 5.41) is 9.93. The van der Waals surface area contributed by atoms with E-state index in [1.165, 1.54) is 11.9 Å². The first-order valence-corrected chi connectivity index (χ1v) is 6.61. The lowest BCUT2D eigenvalue weighted by atomic mass is 9.91. The molecule has 0 spiro atoms. The van der Waals surface area contributed by atoms with E-state index in [0.29, 0.717) is 12.8 Å². The zero-order valence-corrected chi connectivity index (χ0v) is 11.3. The topological polar surface area (TPSA) is 66.6 Å². The largest absolute Gasteiger partial charge is 0.396 e. The van der Waals surface area contributed by atoms with Crippen LogP contribution in [0.5, 0.6) is 0 Å². The summed E-state index contributed by atoms with van der Waals surface area (Å²) in [6.07, 6.45) is 2.42. The Morgan fingerprint density at radius 3 is 2.65 bits per heavy atom. The predicted octanol–water partition coefficient (Wildman–Crippen LogP) is 1.92. The van der Waals surface area contributed by atoms with Gasteiger partial charge in [0, 0.05) is 7.05 Å². The van der Waals surface area contributed by atoms with Crippen molar-refractivity contribution in [3.8, 4) is 0 Å². The van der Waals surface area contributed by atoms with Crippen LogP contribution >= 0.6 is 0 Å². The van der Waals surface area contributed by atoms with E-state index in [2.05, 4.69) is 0 Å². The summed E-state index contributed by atoms with van der Waals surface area (Å²) in [7, 11) is 1.49. The standard InChI is InChI=1S/C14H18F2N2O2/c1-18(11-4-2-3-5-12(11)19)14(20)9-6-8(15)7-10(17)13(9)16/h6-7,11-12,19H,2-5,17H2,1H3. The Balaban J connectivity index is 2.26. The number of aliphatic hydroxyl groups excluding tert-OH is 1. The first-order chi connectivity index (χ1) is 9.41. The smallest absolute Gasteiger partial charge is 0.257 e. The number of aliphatic hydroxyl groups is 1. The maximum atomic E-state index is 13.9. The Morgan fingerprint density at radius 1 is 1.35 bits per heavy atom. The SMILES string of the molecule is CN(C(=O)c1cc(F)cc(N)c1F)C1CCCCC1O. The van der Waals surface area contributed by atoms with Crippen molar-refractivity contribution in [1.82, 2.24) is 4.90 Å². The van der Waals surface area contributed by atoms with Gasteiger partial charge in [0.2, 0.25) is 0 Å². The summed E-state index contributed by atoms with van der Waals surface area (Å²) >= 11 is 0. The number of benzene rings is 1. The van der Waals surface area contributed by atoms with E-state index in [1.807, 2.05) is 0 Å². The van der Waals surface area contributed by atoms with Crippen LogP contribution in [0.15, 0.2) is 12.1 Å².